The predicted molar refractivity (Wildman–Crippen MR) is 34.5 cm³/mol. The Morgan fingerprint density at radius 2 is 2.62 bits per heavy atom. The van der Waals surface area contributed by atoms with Crippen molar-refractivity contribution in [1.29, 1.82) is 0 Å². The zero-order chi connectivity index (χ0) is 5.82. The average molecular weight is 174 g/mol. The number of hydrogen-bond acceptors (Lipinski definition) is 2. The van der Waals surface area contributed by atoms with Crippen molar-refractivity contribution in [2.45, 2.75) is 0 Å². The highest BCUT2D eigenvalue weighted by molar-refractivity contribution is 9.11. The van der Waals surface area contributed by atoms with Crippen molar-refractivity contribution in [1.82, 2.24) is 5.16 Å². The summed E-state index contributed by atoms with van der Waals surface area (Å²) in [4.78, 5) is 1.73. The third-order valence-electron chi connectivity index (χ3n) is 0.692. The zero-order valence-electron chi connectivity index (χ0n) is 4.04. The third-order valence-corrected chi connectivity index (χ3v) is 0.956. The normalized spacial score (nSPS) is 10.6. The second-order valence-corrected chi connectivity index (χ2v) is 1.75. The smallest absolute Gasteiger partial charge is 0.124 e. The molecule has 0 saturated heterocycles. The van der Waals surface area contributed by atoms with Gasteiger partial charge in [-0.1, -0.05) is 21.1 Å². The van der Waals surface area contributed by atoms with Crippen LogP contribution in [0.25, 0.3) is 6.08 Å². The van der Waals surface area contributed by atoms with Crippen LogP contribution < -0.4 is 0 Å². The van der Waals surface area contributed by atoms with Gasteiger partial charge in [-0.05, 0) is 11.1 Å². The quantitative estimate of drug-likeness (QED) is 0.650. The Hall–Kier alpha value is -0.570. The fourth-order valence-corrected chi connectivity index (χ4v) is 0.643. The van der Waals surface area contributed by atoms with Gasteiger partial charge >= 0.3 is 0 Å². The lowest BCUT2D eigenvalue weighted by molar-refractivity contribution is 0.418. The van der Waals surface area contributed by atoms with E-state index in [1.165, 1.54) is 6.26 Å². The molecule has 42 valence electrons. The van der Waals surface area contributed by atoms with Gasteiger partial charge in [0.25, 0.3) is 0 Å². The molecule has 2 nitrogen and oxygen atoms in total. The number of hydrogen-bond donors (Lipinski definition) is 0. The maximum Gasteiger partial charge on any atom is 0.124 e. The van der Waals surface area contributed by atoms with Gasteiger partial charge < -0.3 is 4.52 Å². The molecule has 0 aliphatic rings. The third kappa shape index (κ3) is 1.20. The lowest BCUT2D eigenvalue weighted by Gasteiger charge is -1.70. The van der Waals surface area contributed by atoms with Gasteiger partial charge in [-0.3, -0.25) is 0 Å². The maximum absolute atomic E-state index is 4.54. The van der Waals surface area contributed by atoms with Crippen molar-refractivity contribution in [2.24, 2.45) is 0 Å². The van der Waals surface area contributed by atoms with E-state index >= 15 is 0 Å². The van der Waals surface area contributed by atoms with E-state index in [1.807, 2.05) is 0 Å². The Labute approximate surface area is 55.3 Å². The van der Waals surface area contributed by atoms with Gasteiger partial charge in [0.1, 0.15) is 12.0 Å². The van der Waals surface area contributed by atoms with E-state index in [2.05, 4.69) is 25.6 Å². The molecule has 8 heavy (non-hydrogen) atoms. The molecule has 0 bridgehead atoms. The summed E-state index contributed by atoms with van der Waals surface area (Å²) in [5.74, 6) is 0. The molecule has 3 heteroatoms. The van der Waals surface area contributed by atoms with Gasteiger partial charge in [-0.2, -0.15) is 0 Å². The van der Waals surface area contributed by atoms with Crippen LogP contribution in [-0.2, 0) is 0 Å². The molecule has 0 N–H and O–H groups in total. The van der Waals surface area contributed by atoms with Gasteiger partial charge in [0.05, 0.1) is 0 Å². The van der Waals surface area contributed by atoms with E-state index in [4.69, 9.17) is 0 Å². The highest BCUT2D eigenvalue weighted by atomic mass is 79.9. The molecule has 0 radical (unpaired) electrons. The number of halogens is 1. The molecule has 0 aromatic carbocycles. The van der Waals surface area contributed by atoms with E-state index in [-0.39, 0.29) is 0 Å². The second kappa shape index (κ2) is 2.67. The Balaban J connectivity index is 2.77. The van der Waals surface area contributed by atoms with Crippen LogP contribution in [0.15, 0.2) is 21.8 Å². The van der Waals surface area contributed by atoms with E-state index in [1.54, 1.807) is 17.1 Å². The topological polar surface area (TPSA) is 26.0 Å². The first-order valence-corrected chi connectivity index (χ1v) is 3.02. The lowest BCUT2D eigenvalue weighted by Crippen LogP contribution is -1.62. The van der Waals surface area contributed by atoms with Gasteiger partial charge in [-0.25, -0.2) is 0 Å². The summed E-state index contributed by atoms with van der Waals surface area (Å²) < 4.78 is 4.54. The fourth-order valence-electron chi connectivity index (χ4n) is 0.372. The minimum absolute atomic E-state index is 0.821. The molecule has 1 rings (SSSR count). The molecule has 0 saturated carbocycles. The van der Waals surface area contributed by atoms with Crippen molar-refractivity contribution >= 4 is 22.0 Å². The van der Waals surface area contributed by atoms with Crippen LogP contribution in [0.2, 0.25) is 0 Å². The van der Waals surface area contributed by atoms with Crippen molar-refractivity contribution in [3.8, 4) is 0 Å². The number of rotatable bonds is 1. The largest absolute Gasteiger partial charge is 0.364 e. The molecule has 0 atom stereocenters. The van der Waals surface area contributed by atoms with Gasteiger partial charge in [-0.15, -0.1) is 0 Å². The van der Waals surface area contributed by atoms with Crippen LogP contribution in [0, 0.1) is 0 Å². The number of nitrogens with zero attached hydrogens (tertiary/aromatic N) is 1. The highest BCUT2D eigenvalue weighted by Gasteiger charge is 1.84. The van der Waals surface area contributed by atoms with E-state index in [0.717, 1.165) is 5.69 Å². The summed E-state index contributed by atoms with van der Waals surface area (Å²) in [5, 5.41) is 3.61. The first-order chi connectivity index (χ1) is 3.93. The summed E-state index contributed by atoms with van der Waals surface area (Å²) in [6, 6.07) is 1.78. The van der Waals surface area contributed by atoms with E-state index in [9.17, 15) is 0 Å². The highest BCUT2D eigenvalue weighted by Crippen LogP contribution is 1.98. The van der Waals surface area contributed by atoms with Crippen LogP contribution in [0.3, 0.4) is 0 Å². The molecule has 0 aliphatic carbocycles. The predicted octanol–water partition coefficient (Wildman–Crippen LogP) is 2.04. The minimum atomic E-state index is 0.821. The summed E-state index contributed by atoms with van der Waals surface area (Å²) in [7, 11) is 0. The molecule has 0 amide bonds. The van der Waals surface area contributed by atoms with Gasteiger partial charge in [0, 0.05) is 6.07 Å². The summed E-state index contributed by atoms with van der Waals surface area (Å²) in [5.41, 5.74) is 0.821. The van der Waals surface area contributed by atoms with Crippen LogP contribution in [0.5, 0.6) is 0 Å². The Morgan fingerprint density at radius 3 is 3.12 bits per heavy atom. The molecule has 0 fully saturated rings. The van der Waals surface area contributed by atoms with Crippen LogP contribution in [0.4, 0.5) is 0 Å². The molecule has 0 unspecified atom stereocenters. The molecular formula is C5H4BrNO. The van der Waals surface area contributed by atoms with E-state index in [0.29, 0.717) is 0 Å². The SMILES string of the molecule is Br/C=C/c1ccon1. The molecule has 1 heterocycles. The van der Waals surface area contributed by atoms with E-state index < -0.39 is 0 Å². The lowest BCUT2D eigenvalue weighted by atomic mass is 10.4. The Kier molecular flexibility index (Phi) is 1.86. The molecule has 0 spiro atoms. The van der Waals surface area contributed by atoms with Crippen LogP contribution in [0.1, 0.15) is 5.69 Å². The van der Waals surface area contributed by atoms with Crippen molar-refractivity contribution in [3.05, 3.63) is 23.0 Å². The van der Waals surface area contributed by atoms with Crippen LogP contribution in [-0.4, -0.2) is 5.16 Å². The fraction of sp³-hybridized carbons (Fsp3) is 0. The minimum Gasteiger partial charge on any atom is -0.364 e. The molecular weight excluding hydrogens is 170 g/mol. The van der Waals surface area contributed by atoms with Crippen molar-refractivity contribution in [3.63, 3.8) is 0 Å². The van der Waals surface area contributed by atoms with Crippen molar-refractivity contribution < 1.29 is 4.52 Å². The molecule has 1 aromatic heterocycles. The second-order valence-electron chi connectivity index (χ2n) is 1.22. The first kappa shape index (κ1) is 5.56. The zero-order valence-corrected chi connectivity index (χ0v) is 5.63. The Bertz CT molecular complexity index is 169. The summed E-state index contributed by atoms with van der Waals surface area (Å²) in [6.07, 6.45) is 3.33. The van der Waals surface area contributed by atoms with Gasteiger partial charge in [0.2, 0.25) is 0 Å². The van der Waals surface area contributed by atoms with Crippen molar-refractivity contribution in [2.75, 3.05) is 0 Å². The average Bonchev–Trinajstić information content (AvgIpc) is 2.19. The number of aromatic nitrogens is 1. The Morgan fingerprint density at radius 1 is 1.75 bits per heavy atom. The van der Waals surface area contributed by atoms with Crippen LogP contribution >= 0.6 is 15.9 Å². The van der Waals surface area contributed by atoms with Gasteiger partial charge in [0.15, 0.2) is 0 Å². The molecule has 1 aromatic rings. The monoisotopic (exact) mass is 173 g/mol. The maximum atomic E-state index is 4.54. The first-order valence-electron chi connectivity index (χ1n) is 2.10. The summed E-state index contributed by atoms with van der Waals surface area (Å²) in [6.45, 7) is 0. The summed E-state index contributed by atoms with van der Waals surface area (Å²) >= 11 is 3.11. The standard InChI is InChI=1S/C5H4BrNO/c6-3-1-5-2-4-8-7-5/h1-4H/b3-1+. The molecule has 0 aliphatic heterocycles.